The Morgan fingerprint density at radius 2 is 1.68 bits per heavy atom. The van der Waals surface area contributed by atoms with Gasteiger partial charge in [-0.25, -0.2) is 0 Å². The molecule has 28 heavy (non-hydrogen) atoms. The number of hydrogen-bond acceptors (Lipinski definition) is 4. The average Bonchev–Trinajstić information content (AvgIpc) is 3.25. The van der Waals surface area contributed by atoms with Gasteiger partial charge in [0.05, 0.1) is 11.9 Å². The first-order valence-electron chi connectivity index (χ1n) is 9.01. The van der Waals surface area contributed by atoms with Gasteiger partial charge in [0, 0.05) is 17.4 Å². The van der Waals surface area contributed by atoms with Crippen LogP contribution in [0.25, 0.3) is 11.3 Å². The lowest BCUT2D eigenvalue weighted by Crippen LogP contribution is -2.44. The van der Waals surface area contributed by atoms with E-state index in [1.165, 1.54) is 0 Å². The lowest BCUT2D eigenvalue weighted by atomic mass is 10.0. The first kappa shape index (κ1) is 16.3. The molecule has 4 aromatic rings. The van der Waals surface area contributed by atoms with E-state index < -0.39 is 0 Å². The fourth-order valence-electron chi connectivity index (χ4n) is 3.49. The van der Waals surface area contributed by atoms with Gasteiger partial charge in [-0.05, 0) is 29.8 Å². The number of carbonyl (C=O) groups excluding carboxylic acids is 1. The summed E-state index contributed by atoms with van der Waals surface area (Å²) < 4.78 is 0. The molecule has 1 aliphatic rings. The Morgan fingerprint density at radius 1 is 0.893 bits per heavy atom. The highest BCUT2D eigenvalue weighted by Gasteiger charge is 2.34. The molecule has 1 atom stereocenters. The summed E-state index contributed by atoms with van der Waals surface area (Å²) in [7, 11) is 0. The number of aromatic nitrogens is 3. The highest BCUT2D eigenvalue weighted by Crippen LogP contribution is 2.38. The third-order valence-electron chi connectivity index (χ3n) is 4.85. The van der Waals surface area contributed by atoms with E-state index in [2.05, 4.69) is 25.4 Å². The van der Waals surface area contributed by atoms with Crippen LogP contribution in [0.2, 0.25) is 0 Å². The molecular weight excluding hydrogens is 350 g/mol. The van der Waals surface area contributed by atoms with Crippen molar-refractivity contribution in [2.24, 2.45) is 0 Å². The second kappa shape index (κ2) is 6.66. The van der Waals surface area contributed by atoms with E-state index in [9.17, 15) is 4.79 Å². The van der Waals surface area contributed by atoms with Crippen LogP contribution in [0.1, 0.15) is 22.1 Å². The van der Waals surface area contributed by atoms with Gasteiger partial charge >= 0.3 is 0 Å². The number of nitrogens with zero attached hydrogens (tertiary/aromatic N) is 3. The Balaban J connectivity index is 1.57. The molecule has 6 nitrogen and oxygen atoms in total. The summed E-state index contributed by atoms with van der Waals surface area (Å²) in [6.45, 7) is 0. The number of H-pyrrole nitrogens is 1. The molecule has 2 aromatic heterocycles. The first-order valence-corrected chi connectivity index (χ1v) is 9.01. The van der Waals surface area contributed by atoms with Crippen LogP contribution in [0, 0.1) is 0 Å². The van der Waals surface area contributed by atoms with Crippen molar-refractivity contribution < 1.29 is 4.79 Å². The molecular formula is C22H17N5O. The van der Waals surface area contributed by atoms with Crippen molar-refractivity contribution in [1.82, 2.24) is 20.5 Å². The number of pyridine rings is 1. The molecule has 1 aliphatic heterocycles. The van der Waals surface area contributed by atoms with Gasteiger partial charge in [-0.3, -0.25) is 14.9 Å². The predicted molar refractivity (Wildman–Crippen MR) is 107 cm³/mol. The van der Waals surface area contributed by atoms with E-state index in [4.69, 9.17) is 0 Å². The maximum atomic E-state index is 12.6. The van der Waals surface area contributed by atoms with Gasteiger partial charge in [-0.2, -0.15) is 5.10 Å². The van der Waals surface area contributed by atoms with E-state index in [0.29, 0.717) is 11.4 Å². The molecule has 5 rings (SSSR count). The Bertz CT molecular complexity index is 1110. The number of aromatic amines is 1. The summed E-state index contributed by atoms with van der Waals surface area (Å²) >= 11 is 0. The van der Waals surface area contributed by atoms with E-state index >= 15 is 0 Å². The van der Waals surface area contributed by atoms with Crippen molar-refractivity contribution >= 4 is 17.4 Å². The summed E-state index contributed by atoms with van der Waals surface area (Å²) in [6.07, 6.45) is 2.99. The van der Waals surface area contributed by atoms with Crippen LogP contribution in [0.5, 0.6) is 0 Å². The summed E-state index contributed by atoms with van der Waals surface area (Å²) in [5.41, 5.74) is 4.41. The summed E-state index contributed by atoms with van der Waals surface area (Å²) in [5, 5.41) is 10.1. The Kier molecular flexibility index (Phi) is 3.87. The molecule has 0 radical (unpaired) electrons. The highest BCUT2D eigenvalue weighted by molar-refractivity contribution is 6.02. The number of para-hydroxylation sites is 1. The van der Waals surface area contributed by atoms with Gasteiger partial charge in [-0.1, -0.05) is 48.5 Å². The topological polar surface area (TPSA) is 73.9 Å². The van der Waals surface area contributed by atoms with E-state index in [1.54, 1.807) is 12.4 Å². The van der Waals surface area contributed by atoms with E-state index in [-0.39, 0.29) is 12.1 Å². The molecule has 0 spiro atoms. The molecule has 0 saturated carbocycles. The minimum absolute atomic E-state index is 0.144. The maximum absolute atomic E-state index is 12.6. The van der Waals surface area contributed by atoms with E-state index in [1.807, 2.05) is 72.8 Å². The Hall–Kier alpha value is -3.93. The maximum Gasteiger partial charge on any atom is 0.258 e. The zero-order valence-electron chi connectivity index (χ0n) is 14.9. The molecule has 2 N–H and O–H groups in total. The minimum atomic E-state index is -0.347. The number of anilines is 2. The fraction of sp³-hybridized carbons (Fsp3) is 0.0455. The molecule has 0 aliphatic carbocycles. The summed E-state index contributed by atoms with van der Waals surface area (Å²) in [4.78, 5) is 19.0. The highest BCUT2D eigenvalue weighted by atomic mass is 16.2. The quantitative estimate of drug-likeness (QED) is 0.573. The van der Waals surface area contributed by atoms with Crippen LogP contribution in [0.4, 0.5) is 11.5 Å². The van der Waals surface area contributed by atoms with Gasteiger partial charge in [0.2, 0.25) is 0 Å². The van der Waals surface area contributed by atoms with Gasteiger partial charge in [0.1, 0.15) is 17.5 Å². The molecule has 1 amide bonds. The van der Waals surface area contributed by atoms with Crippen LogP contribution >= 0.6 is 0 Å². The van der Waals surface area contributed by atoms with Crippen LogP contribution in [0.3, 0.4) is 0 Å². The van der Waals surface area contributed by atoms with Crippen molar-refractivity contribution in [3.8, 4) is 11.3 Å². The lowest BCUT2D eigenvalue weighted by molar-refractivity contribution is 0.0930. The number of carbonyl (C=O) groups is 1. The van der Waals surface area contributed by atoms with Gasteiger partial charge in [0.15, 0.2) is 0 Å². The monoisotopic (exact) mass is 367 g/mol. The number of hydrogen-bond donors (Lipinski definition) is 2. The lowest BCUT2D eigenvalue weighted by Gasteiger charge is -2.37. The van der Waals surface area contributed by atoms with E-state index in [0.717, 1.165) is 22.5 Å². The van der Waals surface area contributed by atoms with Crippen LogP contribution < -0.4 is 10.2 Å². The molecule has 0 bridgehead atoms. The van der Waals surface area contributed by atoms with Gasteiger partial charge in [-0.15, -0.1) is 0 Å². The predicted octanol–water partition coefficient (Wildman–Crippen LogP) is 4.05. The van der Waals surface area contributed by atoms with Gasteiger partial charge < -0.3 is 10.2 Å². The van der Waals surface area contributed by atoms with Crippen molar-refractivity contribution in [3.63, 3.8) is 0 Å². The minimum Gasteiger partial charge on any atom is -0.327 e. The van der Waals surface area contributed by atoms with Crippen molar-refractivity contribution in [2.75, 3.05) is 4.90 Å². The molecule has 6 heteroatoms. The largest absolute Gasteiger partial charge is 0.327 e. The van der Waals surface area contributed by atoms with Crippen molar-refractivity contribution in [3.05, 3.63) is 96.3 Å². The zero-order valence-corrected chi connectivity index (χ0v) is 14.9. The molecule has 2 aromatic carbocycles. The number of rotatable bonds is 3. The smallest absolute Gasteiger partial charge is 0.258 e. The number of amides is 1. The summed E-state index contributed by atoms with van der Waals surface area (Å²) in [6, 6.07) is 23.9. The van der Waals surface area contributed by atoms with Crippen LogP contribution in [0.15, 0.2) is 85.2 Å². The Labute approximate surface area is 161 Å². The molecule has 0 saturated heterocycles. The second-order valence-electron chi connectivity index (χ2n) is 6.55. The molecule has 0 fully saturated rings. The first-order chi connectivity index (χ1) is 13.8. The third-order valence-corrected chi connectivity index (χ3v) is 4.85. The SMILES string of the molecule is O=C1NC(c2ccc(-c3ccccn3)cc2)N(c2ccccc2)c2[nH]ncc21. The number of fused-ring (bicyclic) bond motifs is 1. The van der Waals surface area contributed by atoms with Gasteiger partial charge in [0.25, 0.3) is 5.91 Å². The fourth-order valence-corrected chi connectivity index (χ4v) is 3.49. The molecule has 1 unspecified atom stereocenters. The standard InChI is InChI=1S/C22H17N5O/c28-22-18-14-24-26-21(18)27(17-6-2-1-3-7-17)20(25-22)16-11-9-15(10-12-16)19-8-4-5-13-23-19/h1-14,20H,(H,24,26)(H,25,28). The average molecular weight is 367 g/mol. The normalized spacial score (nSPS) is 15.8. The summed E-state index contributed by atoms with van der Waals surface area (Å²) in [5.74, 6) is 0.545. The third kappa shape index (κ3) is 2.72. The zero-order chi connectivity index (χ0) is 18.9. The van der Waals surface area contributed by atoms with Crippen LogP contribution in [-0.4, -0.2) is 21.1 Å². The number of benzene rings is 2. The van der Waals surface area contributed by atoms with Crippen molar-refractivity contribution in [1.29, 1.82) is 0 Å². The second-order valence-corrected chi connectivity index (χ2v) is 6.55. The number of nitrogens with one attached hydrogen (secondary N) is 2. The molecule has 3 heterocycles. The van der Waals surface area contributed by atoms with Crippen LogP contribution in [-0.2, 0) is 0 Å². The van der Waals surface area contributed by atoms with Crippen molar-refractivity contribution in [2.45, 2.75) is 6.17 Å². The Morgan fingerprint density at radius 3 is 2.43 bits per heavy atom. The molecule has 136 valence electrons.